The normalized spacial score (nSPS) is 11.0. The minimum absolute atomic E-state index is 0.129. The van der Waals surface area contributed by atoms with Crippen molar-refractivity contribution in [2.24, 2.45) is 0 Å². The van der Waals surface area contributed by atoms with E-state index in [-0.39, 0.29) is 24.0 Å². The minimum Gasteiger partial charge on any atom is -0.347 e. The zero-order valence-electron chi connectivity index (χ0n) is 16.0. The molecule has 0 aliphatic rings. The molecule has 0 unspecified atom stereocenters. The first-order valence-corrected chi connectivity index (χ1v) is 9.19. The standard InChI is InChI=1S/C24H21FN2O2/c1-17-7-9-18(10-8-17)15-22(27-23(28)20-5-3-2-4-6-20)24(29)26-16-19-11-13-21(25)14-12-19/h2-15H,16H2,1H3,(H,26,29)(H,27,28). The van der Waals surface area contributed by atoms with E-state index in [0.717, 1.165) is 16.7 Å². The summed E-state index contributed by atoms with van der Waals surface area (Å²) < 4.78 is 13.0. The molecule has 0 saturated heterocycles. The van der Waals surface area contributed by atoms with Gasteiger partial charge in [0, 0.05) is 12.1 Å². The van der Waals surface area contributed by atoms with Crippen LogP contribution in [0.1, 0.15) is 27.0 Å². The average Bonchev–Trinajstić information content (AvgIpc) is 2.74. The molecule has 0 heterocycles. The highest BCUT2D eigenvalue weighted by molar-refractivity contribution is 6.05. The van der Waals surface area contributed by atoms with Crippen LogP contribution in [0.4, 0.5) is 4.39 Å². The third-order valence-electron chi connectivity index (χ3n) is 4.28. The van der Waals surface area contributed by atoms with Crippen molar-refractivity contribution < 1.29 is 14.0 Å². The molecule has 146 valence electrons. The molecule has 4 nitrogen and oxygen atoms in total. The summed E-state index contributed by atoms with van der Waals surface area (Å²) in [6.07, 6.45) is 1.63. The topological polar surface area (TPSA) is 58.2 Å². The van der Waals surface area contributed by atoms with Gasteiger partial charge in [-0.3, -0.25) is 9.59 Å². The Labute approximate surface area is 169 Å². The van der Waals surface area contributed by atoms with Gasteiger partial charge in [0.15, 0.2) is 0 Å². The Balaban J connectivity index is 1.79. The number of benzene rings is 3. The molecule has 5 heteroatoms. The summed E-state index contributed by atoms with van der Waals surface area (Å²) >= 11 is 0. The highest BCUT2D eigenvalue weighted by Crippen LogP contribution is 2.10. The lowest BCUT2D eigenvalue weighted by Gasteiger charge is -2.11. The number of halogens is 1. The molecular weight excluding hydrogens is 367 g/mol. The first kappa shape index (κ1) is 20.0. The van der Waals surface area contributed by atoms with Crippen LogP contribution in [-0.2, 0) is 11.3 Å². The van der Waals surface area contributed by atoms with Crippen molar-refractivity contribution in [3.8, 4) is 0 Å². The number of rotatable bonds is 6. The smallest absolute Gasteiger partial charge is 0.268 e. The summed E-state index contributed by atoms with van der Waals surface area (Å²) in [7, 11) is 0. The van der Waals surface area contributed by atoms with Crippen molar-refractivity contribution in [1.29, 1.82) is 0 Å². The lowest BCUT2D eigenvalue weighted by Crippen LogP contribution is -2.34. The molecule has 2 N–H and O–H groups in total. The average molecular weight is 388 g/mol. The van der Waals surface area contributed by atoms with Crippen molar-refractivity contribution in [3.63, 3.8) is 0 Å². The minimum atomic E-state index is -0.431. The SMILES string of the molecule is Cc1ccc(C=C(NC(=O)c2ccccc2)C(=O)NCc2ccc(F)cc2)cc1. The molecule has 2 amide bonds. The molecule has 0 spiro atoms. The van der Waals surface area contributed by atoms with Crippen LogP contribution in [0, 0.1) is 12.7 Å². The van der Waals surface area contributed by atoms with Crippen molar-refractivity contribution in [1.82, 2.24) is 10.6 Å². The Hall–Kier alpha value is -3.73. The number of hydrogen-bond donors (Lipinski definition) is 2. The Bertz CT molecular complexity index is 1010. The van der Waals surface area contributed by atoms with Gasteiger partial charge in [0.1, 0.15) is 11.5 Å². The summed E-state index contributed by atoms with van der Waals surface area (Å²) in [5.41, 5.74) is 3.22. The van der Waals surface area contributed by atoms with Crippen LogP contribution in [0.2, 0.25) is 0 Å². The number of amides is 2. The molecule has 0 aliphatic carbocycles. The third-order valence-corrected chi connectivity index (χ3v) is 4.28. The molecular formula is C24H21FN2O2. The van der Waals surface area contributed by atoms with Gasteiger partial charge < -0.3 is 10.6 Å². The summed E-state index contributed by atoms with van der Waals surface area (Å²) in [5, 5.41) is 5.45. The Morgan fingerprint density at radius 3 is 2.21 bits per heavy atom. The highest BCUT2D eigenvalue weighted by Gasteiger charge is 2.14. The van der Waals surface area contributed by atoms with Crippen molar-refractivity contribution in [2.75, 3.05) is 0 Å². The Kier molecular flexibility index (Phi) is 6.53. The first-order chi connectivity index (χ1) is 14.0. The van der Waals surface area contributed by atoms with Gasteiger partial charge in [-0.1, -0.05) is 60.2 Å². The van der Waals surface area contributed by atoms with Gasteiger partial charge >= 0.3 is 0 Å². The van der Waals surface area contributed by atoms with Crippen LogP contribution in [0.3, 0.4) is 0 Å². The Morgan fingerprint density at radius 2 is 1.55 bits per heavy atom. The van der Waals surface area contributed by atoms with Gasteiger partial charge in [-0.25, -0.2) is 4.39 Å². The van der Waals surface area contributed by atoms with E-state index in [1.54, 1.807) is 42.5 Å². The van der Waals surface area contributed by atoms with E-state index in [1.807, 2.05) is 37.3 Å². The Morgan fingerprint density at radius 1 is 0.897 bits per heavy atom. The number of carbonyl (C=O) groups is 2. The third kappa shape index (κ3) is 5.87. The van der Waals surface area contributed by atoms with Crippen molar-refractivity contribution in [3.05, 3.63) is 113 Å². The highest BCUT2D eigenvalue weighted by atomic mass is 19.1. The van der Waals surface area contributed by atoms with E-state index in [4.69, 9.17) is 0 Å². The molecule has 0 aromatic heterocycles. The maximum Gasteiger partial charge on any atom is 0.268 e. The quantitative estimate of drug-likeness (QED) is 0.621. The largest absolute Gasteiger partial charge is 0.347 e. The molecule has 0 radical (unpaired) electrons. The monoisotopic (exact) mass is 388 g/mol. The molecule has 29 heavy (non-hydrogen) atoms. The van der Waals surface area contributed by atoms with Crippen LogP contribution in [0.5, 0.6) is 0 Å². The second kappa shape index (κ2) is 9.46. The molecule has 3 aromatic rings. The summed E-state index contributed by atoms with van der Waals surface area (Å²) in [6, 6.07) is 22.2. The van der Waals surface area contributed by atoms with E-state index in [0.29, 0.717) is 5.56 Å². The maximum atomic E-state index is 13.0. The molecule has 0 atom stereocenters. The van der Waals surface area contributed by atoms with E-state index in [1.165, 1.54) is 12.1 Å². The number of hydrogen-bond acceptors (Lipinski definition) is 2. The number of aryl methyl sites for hydroxylation is 1. The van der Waals surface area contributed by atoms with Gasteiger partial charge in [0.25, 0.3) is 11.8 Å². The predicted molar refractivity (Wildman–Crippen MR) is 111 cm³/mol. The van der Waals surface area contributed by atoms with Crippen LogP contribution in [-0.4, -0.2) is 11.8 Å². The summed E-state index contributed by atoms with van der Waals surface area (Å²) in [6.45, 7) is 2.19. The fourth-order valence-corrected chi connectivity index (χ4v) is 2.65. The van der Waals surface area contributed by atoms with Gasteiger partial charge in [-0.05, 0) is 48.4 Å². The number of carbonyl (C=O) groups excluding carboxylic acids is 2. The van der Waals surface area contributed by atoms with Gasteiger partial charge in [-0.15, -0.1) is 0 Å². The van der Waals surface area contributed by atoms with Crippen LogP contribution in [0.25, 0.3) is 6.08 Å². The van der Waals surface area contributed by atoms with Gasteiger partial charge in [0.05, 0.1) is 0 Å². The lowest BCUT2D eigenvalue weighted by atomic mass is 10.1. The number of nitrogens with one attached hydrogen (secondary N) is 2. The van der Waals surface area contributed by atoms with E-state index < -0.39 is 5.91 Å². The van der Waals surface area contributed by atoms with Crippen LogP contribution in [0.15, 0.2) is 84.6 Å². The van der Waals surface area contributed by atoms with Crippen LogP contribution < -0.4 is 10.6 Å². The summed E-state index contributed by atoms with van der Waals surface area (Å²) in [4.78, 5) is 25.3. The predicted octanol–water partition coefficient (Wildman–Crippen LogP) is 4.22. The van der Waals surface area contributed by atoms with Crippen molar-refractivity contribution >= 4 is 17.9 Å². The van der Waals surface area contributed by atoms with Crippen molar-refractivity contribution in [2.45, 2.75) is 13.5 Å². The fraction of sp³-hybridized carbons (Fsp3) is 0.0833. The molecule has 0 aliphatic heterocycles. The van der Waals surface area contributed by atoms with E-state index in [2.05, 4.69) is 10.6 Å². The maximum absolute atomic E-state index is 13.0. The molecule has 0 fully saturated rings. The molecule has 0 bridgehead atoms. The zero-order chi connectivity index (χ0) is 20.6. The lowest BCUT2D eigenvalue weighted by molar-refractivity contribution is -0.117. The fourth-order valence-electron chi connectivity index (χ4n) is 2.65. The molecule has 0 saturated carbocycles. The molecule has 3 rings (SSSR count). The summed E-state index contributed by atoms with van der Waals surface area (Å²) in [5.74, 6) is -1.14. The first-order valence-electron chi connectivity index (χ1n) is 9.19. The zero-order valence-corrected chi connectivity index (χ0v) is 16.0. The second-order valence-corrected chi connectivity index (χ2v) is 6.60. The second-order valence-electron chi connectivity index (χ2n) is 6.60. The van der Waals surface area contributed by atoms with Gasteiger partial charge in [0.2, 0.25) is 0 Å². The van der Waals surface area contributed by atoms with E-state index in [9.17, 15) is 14.0 Å². The van der Waals surface area contributed by atoms with Crippen LogP contribution >= 0.6 is 0 Å². The van der Waals surface area contributed by atoms with E-state index >= 15 is 0 Å². The molecule has 3 aromatic carbocycles. The van der Waals surface area contributed by atoms with Gasteiger partial charge in [-0.2, -0.15) is 0 Å².